The fourth-order valence-corrected chi connectivity index (χ4v) is 2.33. The molecule has 3 rings (SSSR count). The lowest BCUT2D eigenvalue weighted by molar-refractivity contribution is 0.878. The quantitative estimate of drug-likeness (QED) is 0.599. The van der Waals surface area contributed by atoms with Gasteiger partial charge >= 0.3 is 0 Å². The first-order chi connectivity index (χ1) is 10.4. The smallest absolute Gasteiger partial charge is 0.0999 e. The Morgan fingerprint density at radius 1 is 0.571 bits per heavy atom. The van der Waals surface area contributed by atoms with E-state index in [0.717, 1.165) is 5.56 Å². The molecule has 0 saturated carbocycles. The number of nitrogens with zero attached hydrogens (tertiary/aromatic N) is 1. The van der Waals surface area contributed by atoms with Crippen LogP contribution in [0.25, 0.3) is 0 Å². The van der Waals surface area contributed by atoms with Gasteiger partial charge in [0.05, 0.1) is 6.04 Å². The topological polar surface area (TPSA) is 12.4 Å². The minimum absolute atomic E-state index is 0.0348. The number of hydrogen-bond acceptors (Lipinski definition) is 1. The molecule has 0 aliphatic heterocycles. The third kappa shape index (κ3) is 3.46. The van der Waals surface area contributed by atoms with Crippen LogP contribution in [0.5, 0.6) is 0 Å². The number of hydrogen-bond donors (Lipinski definition) is 0. The number of benzene rings is 3. The molecule has 3 aromatic rings. The summed E-state index contributed by atoms with van der Waals surface area (Å²) in [4.78, 5) is 4.81. The molecule has 0 bridgehead atoms. The van der Waals surface area contributed by atoms with E-state index in [1.165, 1.54) is 11.1 Å². The molecule has 3 aromatic carbocycles. The van der Waals surface area contributed by atoms with E-state index in [-0.39, 0.29) is 6.04 Å². The molecule has 102 valence electrons. The maximum Gasteiger partial charge on any atom is 0.0999 e. The number of aliphatic imine (C=N–C) groups is 1. The first kappa shape index (κ1) is 13.3. The van der Waals surface area contributed by atoms with Gasteiger partial charge in [0.15, 0.2) is 0 Å². The second kappa shape index (κ2) is 6.67. The van der Waals surface area contributed by atoms with Crippen LogP contribution >= 0.6 is 0 Å². The molecular formula is C20H17N. The summed E-state index contributed by atoms with van der Waals surface area (Å²) >= 11 is 0. The highest BCUT2D eigenvalue weighted by molar-refractivity contribution is 5.79. The molecule has 0 radical (unpaired) electrons. The average molecular weight is 271 g/mol. The zero-order chi connectivity index (χ0) is 14.3. The van der Waals surface area contributed by atoms with Gasteiger partial charge in [0, 0.05) is 6.21 Å². The molecule has 0 fully saturated rings. The van der Waals surface area contributed by atoms with Crippen molar-refractivity contribution in [1.82, 2.24) is 0 Å². The molecule has 1 heteroatoms. The lowest BCUT2D eigenvalue weighted by Crippen LogP contribution is -1.98. The second-order valence-corrected chi connectivity index (χ2v) is 4.91. The van der Waals surface area contributed by atoms with E-state index in [0.29, 0.717) is 0 Å². The second-order valence-electron chi connectivity index (χ2n) is 4.91. The maximum absolute atomic E-state index is 4.81. The zero-order valence-electron chi connectivity index (χ0n) is 11.8. The van der Waals surface area contributed by atoms with E-state index in [1.807, 2.05) is 36.5 Å². The minimum Gasteiger partial charge on any atom is -0.280 e. The van der Waals surface area contributed by atoms with Crippen LogP contribution in [0, 0.1) is 0 Å². The van der Waals surface area contributed by atoms with E-state index >= 15 is 0 Å². The third-order valence-corrected chi connectivity index (χ3v) is 3.40. The van der Waals surface area contributed by atoms with Gasteiger partial charge in [-0.05, 0) is 16.7 Å². The Balaban J connectivity index is 1.96. The van der Waals surface area contributed by atoms with Crippen LogP contribution < -0.4 is 0 Å². The molecule has 0 N–H and O–H groups in total. The summed E-state index contributed by atoms with van der Waals surface area (Å²) in [6, 6.07) is 31.0. The van der Waals surface area contributed by atoms with Crippen LogP contribution in [0.3, 0.4) is 0 Å². The van der Waals surface area contributed by atoms with Crippen LogP contribution in [0.2, 0.25) is 0 Å². The predicted molar refractivity (Wildman–Crippen MR) is 88.8 cm³/mol. The van der Waals surface area contributed by atoms with Crippen LogP contribution in [0.4, 0.5) is 0 Å². The summed E-state index contributed by atoms with van der Waals surface area (Å²) in [6.07, 6.45) is 1.95. The zero-order valence-corrected chi connectivity index (χ0v) is 11.8. The van der Waals surface area contributed by atoms with Gasteiger partial charge in [0.1, 0.15) is 0 Å². The lowest BCUT2D eigenvalue weighted by atomic mass is 9.99. The monoisotopic (exact) mass is 271 g/mol. The highest BCUT2D eigenvalue weighted by Gasteiger charge is 2.10. The van der Waals surface area contributed by atoms with Crippen molar-refractivity contribution >= 4 is 6.21 Å². The molecule has 0 unspecified atom stereocenters. The van der Waals surface area contributed by atoms with E-state index in [1.54, 1.807) is 0 Å². The molecular weight excluding hydrogens is 254 g/mol. The van der Waals surface area contributed by atoms with E-state index in [4.69, 9.17) is 4.99 Å². The summed E-state index contributed by atoms with van der Waals surface area (Å²) < 4.78 is 0. The van der Waals surface area contributed by atoms with Crippen molar-refractivity contribution < 1.29 is 0 Å². The van der Waals surface area contributed by atoms with Crippen LogP contribution in [-0.2, 0) is 0 Å². The fourth-order valence-electron chi connectivity index (χ4n) is 2.33. The molecule has 0 amide bonds. The predicted octanol–water partition coefficient (Wildman–Crippen LogP) is 4.90. The SMILES string of the molecule is C(=N/C(c1ccccc1)c1ccccc1)/c1ccccc1. The molecule has 0 spiro atoms. The highest BCUT2D eigenvalue weighted by Crippen LogP contribution is 2.25. The van der Waals surface area contributed by atoms with Gasteiger partial charge < -0.3 is 0 Å². The van der Waals surface area contributed by atoms with Crippen molar-refractivity contribution in [3.63, 3.8) is 0 Å². The molecule has 0 heterocycles. The van der Waals surface area contributed by atoms with Crippen molar-refractivity contribution in [3.8, 4) is 0 Å². The Bertz CT molecular complexity index is 648. The van der Waals surface area contributed by atoms with Crippen molar-refractivity contribution in [3.05, 3.63) is 108 Å². The first-order valence-corrected chi connectivity index (χ1v) is 7.11. The van der Waals surface area contributed by atoms with E-state index < -0.39 is 0 Å². The standard InChI is InChI=1S/C20H17N/c1-4-10-17(11-5-1)16-21-20(18-12-6-2-7-13-18)19-14-8-3-9-15-19/h1-16,20H/b21-16-. The van der Waals surface area contributed by atoms with Gasteiger partial charge in [-0.15, -0.1) is 0 Å². The minimum atomic E-state index is 0.0348. The Labute approximate surface area is 125 Å². The molecule has 21 heavy (non-hydrogen) atoms. The summed E-state index contributed by atoms with van der Waals surface area (Å²) in [5.74, 6) is 0. The Morgan fingerprint density at radius 2 is 1.00 bits per heavy atom. The van der Waals surface area contributed by atoms with Gasteiger partial charge in [0.2, 0.25) is 0 Å². The van der Waals surface area contributed by atoms with Crippen molar-refractivity contribution in [2.45, 2.75) is 6.04 Å². The van der Waals surface area contributed by atoms with Crippen molar-refractivity contribution in [2.24, 2.45) is 4.99 Å². The van der Waals surface area contributed by atoms with Crippen molar-refractivity contribution in [2.75, 3.05) is 0 Å². The Morgan fingerprint density at radius 3 is 1.48 bits per heavy atom. The summed E-state index contributed by atoms with van der Waals surface area (Å²) in [5.41, 5.74) is 3.53. The normalized spacial score (nSPS) is 11.1. The van der Waals surface area contributed by atoms with Crippen LogP contribution in [-0.4, -0.2) is 6.21 Å². The highest BCUT2D eigenvalue weighted by atomic mass is 14.8. The summed E-state index contributed by atoms with van der Waals surface area (Å²) in [6.45, 7) is 0. The fraction of sp³-hybridized carbons (Fsp3) is 0.0500. The van der Waals surface area contributed by atoms with Gasteiger partial charge in [-0.1, -0.05) is 91.0 Å². The first-order valence-electron chi connectivity index (χ1n) is 7.11. The molecule has 0 saturated heterocycles. The molecule has 0 aromatic heterocycles. The van der Waals surface area contributed by atoms with E-state index in [2.05, 4.69) is 60.7 Å². The van der Waals surface area contributed by atoms with Crippen LogP contribution in [0.15, 0.2) is 96.0 Å². The molecule has 1 nitrogen and oxygen atoms in total. The lowest BCUT2D eigenvalue weighted by Gasteiger charge is -2.13. The van der Waals surface area contributed by atoms with Crippen LogP contribution in [0.1, 0.15) is 22.7 Å². The number of rotatable bonds is 4. The molecule has 0 aliphatic carbocycles. The van der Waals surface area contributed by atoms with Gasteiger partial charge in [-0.2, -0.15) is 0 Å². The largest absolute Gasteiger partial charge is 0.280 e. The molecule has 0 aliphatic rings. The van der Waals surface area contributed by atoms with Crippen molar-refractivity contribution in [1.29, 1.82) is 0 Å². The summed E-state index contributed by atoms with van der Waals surface area (Å²) in [7, 11) is 0. The van der Waals surface area contributed by atoms with E-state index in [9.17, 15) is 0 Å². The Hall–Kier alpha value is -2.67. The molecule has 0 atom stereocenters. The van der Waals surface area contributed by atoms with Gasteiger partial charge in [-0.25, -0.2) is 0 Å². The third-order valence-electron chi connectivity index (χ3n) is 3.40. The van der Waals surface area contributed by atoms with Gasteiger partial charge in [0.25, 0.3) is 0 Å². The Kier molecular flexibility index (Phi) is 4.23. The average Bonchev–Trinajstić information content (AvgIpc) is 2.58. The maximum atomic E-state index is 4.81. The summed E-state index contributed by atoms with van der Waals surface area (Å²) in [5, 5.41) is 0. The van der Waals surface area contributed by atoms with Gasteiger partial charge in [-0.3, -0.25) is 4.99 Å².